The van der Waals surface area contributed by atoms with E-state index >= 15 is 0 Å². The van der Waals surface area contributed by atoms with Crippen LogP contribution in [-0.2, 0) is 16.1 Å². The smallest absolute Gasteiger partial charge is 0.410 e. The normalized spacial score (nSPS) is 20.9. The van der Waals surface area contributed by atoms with Crippen molar-refractivity contribution in [2.45, 2.75) is 51.5 Å². The van der Waals surface area contributed by atoms with Gasteiger partial charge in [-0.1, -0.05) is 30.3 Å². The van der Waals surface area contributed by atoms with Gasteiger partial charge in [-0.3, -0.25) is 4.90 Å². The first-order chi connectivity index (χ1) is 12.8. The molecule has 3 rings (SSSR count). The molecule has 7 heteroatoms. The molecule has 7 nitrogen and oxygen atoms in total. The van der Waals surface area contributed by atoms with Gasteiger partial charge in [-0.05, 0) is 32.8 Å². The van der Waals surface area contributed by atoms with Crippen LogP contribution < -0.4 is 5.32 Å². The highest BCUT2D eigenvalue weighted by atomic mass is 16.6. The Balaban J connectivity index is 1.35. The number of hydrogen-bond donors (Lipinski definition) is 1. The van der Waals surface area contributed by atoms with Crippen molar-refractivity contribution in [3.8, 4) is 0 Å². The van der Waals surface area contributed by atoms with Crippen LogP contribution in [0.1, 0.15) is 32.8 Å². The first-order valence-electron chi connectivity index (χ1n) is 9.49. The van der Waals surface area contributed by atoms with Gasteiger partial charge < -0.3 is 19.7 Å². The van der Waals surface area contributed by atoms with Gasteiger partial charge in [-0.2, -0.15) is 0 Å². The summed E-state index contributed by atoms with van der Waals surface area (Å²) in [4.78, 5) is 28.1. The Bertz CT molecular complexity index is 653. The first kappa shape index (κ1) is 19.5. The van der Waals surface area contributed by atoms with E-state index in [1.54, 1.807) is 4.90 Å². The summed E-state index contributed by atoms with van der Waals surface area (Å²) in [5.74, 6) is 0. The quantitative estimate of drug-likeness (QED) is 0.876. The zero-order chi connectivity index (χ0) is 19.4. The second-order valence-electron chi connectivity index (χ2n) is 8.23. The summed E-state index contributed by atoms with van der Waals surface area (Å²) >= 11 is 0. The van der Waals surface area contributed by atoms with Crippen LogP contribution in [0.3, 0.4) is 0 Å². The van der Waals surface area contributed by atoms with E-state index in [0.29, 0.717) is 25.7 Å². The highest BCUT2D eigenvalue weighted by molar-refractivity contribution is 5.68. The summed E-state index contributed by atoms with van der Waals surface area (Å²) in [5.41, 5.74) is 0.500. The molecule has 0 saturated carbocycles. The van der Waals surface area contributed by atoms with Crippen molar-refractivity contribution in [3.63, 3.8) is 0 Å². The Labute approximate surface area is 160 Å². The van der Waals surface area contributed by atoms with E-state index in [2.05, 4.69) is 10.2 Å². The molecule has 0 unspecified atom stereocenters. The number of nitrogens with one attached hydrogen (secondary N) is 1. The topological polar surface area (TPSA) is 71.1 Å². The Hall–Kier alpha value is -2.28. The largest absolute Gasteiger partial charge is 0.445 e. The summed E-state index contributed by atoms with van der Waals surface area (Å²) in [7, 11) is 0. The summed E-state index contributed by atoms with van der Waals surface area (Å²) in [5, 5.41) is 2.89. The summed E-state index contributed by atoms with van der Waals surface area (Å²) in [6.45, 7) is 8.81. The van der Waals surface area contributed by atoms with Crippen molar-refractivity contribution >= 4 is 12.2 Å². The highest BCUT2D eigenvalue weighted by Gasteiger charge is 2.38. The fourth-order valence-electron chi connectivity index (χ4n) is 3.39. The van der Waals surface area contributed by atoms with Crippen LogP contribution in [0.2, 0.25) is 0 Å². The number of nitrogens with zero attached hydrogens (tertiary/aromatic N) is 2. The van der Waals surface area contributed by atoms with Crippen molar-refractivity contribution in [3.05, 3.63) is 35.9 Å². The molecule has 1 aromatic carbocycles. The molecule has 1 atom stereocenters. The van der Waals surface area contributed by atoms with Gasteiger partial charge in [0.15, 0.2) is 0 Å². The molecule has 0 radical (unpaired) electrons. The number of rotatable bonds is 4. The molecule has 0 bridgehead atoms. The predicted octanol–water partition coefficient (Wildman–Crippen LogP) is 2.61. The third kappa shape index (κ3) is 5.60. The Kier molecular flexibility index (Phi) is 5.89. The number of carbonyl (C=O) groups excluding carboxylic acids is 2. The van der Waals surface area contributed by atoms with E-state index in [-0.39, 0.29) is 18.2 Å². The molecule has 2 saturated heterocycles. The molecule has 2 aliphatic rings. The summed E-state index contributed by atoms with van der Waals surface area (Å²) in [6.07, 6.45) is 0.301. The fourth-order valence-corrected chi connectivity index (χ4v) is 3.39. The molecular weight excluding hydrogens is 346 g/mol. The van der Waals surface area contributed by atoms with Crippen molar-refractivity contribution < 1.29 is 19.1 Å². The number of likely N-dealkylation sites (tertiary alicyclic amines) is 2. The van der Waals surface area contributed by atoms with Crippen LogP contribution in [0.4, 0.5) is 9.59 Å². The van der Waals surface area contributed by atoms with Gasteiger partial charge in [0.25, 0.3) is 0 Å². The minimum Gasteiger partial charge on any atom is -0.445 e. The number of amides is 2. The summed E-state index contributed by atoms with van der Waals surface area (Å²) < 4.78 is 10.7. The minimum absolute atomic E-state index is 0.110. The number of ether oxygens (including phenoxy) is 2. The predicted molar refractivity (Wildman–Crippen MR) is 101 cm³/mol. The fraction of sp³-hybridized carbons (Fsp3) is 0.600. The Morgan fingerprint density at radius 2 is 1.85 bits per heavy atom. The maximum Gasteiger partial charge on any atom is 0.410 e. The molecule has 0 aromatic heterocycles. The van der Waals surface area contributed by atoms with Gasteiger partial charge in [0, 0.05) is 32.2 Å². The van der Waals surface area contributed by atoms with Crippen LogP contribution in [0.25, 0.3) is 0 Å². The number of alkyl carbamates (subject to hydrolysis) is 1. The van der Waals surface area contributed by atoms with Crippen molar-refractivity contribution in [2.75, 3.05) is 26.2 Å². The Morgan fingerprint density at radius 3 is 2.52 bits per heavy atom. The molecule has 1 N–H and O–H groups in total. The zero-order valence-corrected chi connectivity index (χ0v) is 16.3. The molecule has 27 heavy (non-hydrogen) atoms. The standard InChI is InChI=1S/C20H29N3O4/c1-20(2,3)27-18(24)21-16-11-23(12-16)17-9-10-22(13-17)19(25)26-14-15-7-5-4-6-8-15/h4-8,16-17H,9-14H2,1-3H3,(H,21,24)/t17-/m1/s1. The number of benzene rings is 1. The van der Waals surface area contributed by atoms with Crippen molar-refractivity contribution in [1.29, 1.82) is 0 Å². The van der Waals surface area contributed by atoms with Crippen LogP contribution in [0, 0.1) is 0 Å². The third-order valence-corrected chi connectivity index (χ3v) is 4.77. The van der Waals surface area contributed by atoms with Gasteiger partial charge in [-0.15, -0.1) is 0 Å². The monoisotopic (exact) mass is 375 g/mol. The van der Waals surface area contributed by atoms with E-state index in [1.807, 2.05) is 51.1 Å². The maximum atomic E-state index is 12.2. The van der Waals surface area contributed by atoms with Gasteiger partial charge in [0.1, 0.15) is 12.2 Å². The van der Waals surface area contributed by atoms with E-state index in [1.165, 1.54) is 0 Å². The van der Waals surface area contributed by atoms with E-state index in [9.17, 15) is 9.59 Å². The first-order valence-corrected chi connectivity index (χ1v) is 9.49. The third-order valence-electron chi connectivity index (χ3n) is 4.77. The molecular formula is C20H29N3O4. The van der Waals surface area contributed by atoms with Gasteiger partial charge in [0.05, 0.1) is 6.04 Å². The number of carbonyl (C=O) groups is 2. The lowest BCUT2D eigenvalue weighted by Crippen LogP contribution is -2.62. The molecule has 1 aromatic rings. The highest BCUT2D eigenvalue weighted by Crippen LogP contribution is 2.22. The van der Waals surface area contributed by atoms with Gasteiger partial charge in [0.2, 0.25) is 0 Å². The average Bonchev–Trinajstić information content (AvgIpc) is 3.04. The van der Waals surface area contributed by atoms with E-state index in [4.69, 9.17) is 9.47 Å². The minimum atomic E-state index is -0.487. The van der Waals surface area contributed by atoms with Gasteiger partial charge >= 0.3 is 12.2 Å². The Morgan fingerprint density at radius 1 is 1.15 bits per heavy atom. The SMILES string of the molecule is CC(C)(C)OC(=O)NC1CN([C@@H]2CCN(C(=O)OCc3ccccc3)C2)C1. The van der Waals surface area contributed by atoms with Gasteiger partial charge in [-0.25, -0.2) is 9.59 Å². The lowest BCUT2D eigenvalue weighted by molar-refractivity contribution is 0.0328. The van der Waals surface area contributed by atoms with Crippen LogP contribution in [-0.4, -0.2) is 65.9 Å². The molecule has 2 amide bonds. The second-order valence-corrected chi connectivity index (χ2v) is 8.23. The van der Waals surface area contributed by atoms with E-state index < -0.39 is 5.60 Å². The maximum absolute atomic E-state index is 12.2. The zero-order valence-electron chi connectivity index (χ0n) is 16.3. The lowest BCUT2D eigenvalue weighted by Gasteiger charge is -2.43. The second kappa shape index (κ2) is 8.17. The molecule has 0 aliphatic carbocycles. The molecule has 2 fully saturated rings. The van der Waals surface area contributed by atoms with Crippen molar-refractivity contribution in [2.24, 2.45) is 0 Å². The molecule has 2 aliphatic heterocycles. The van der Waals surface area contributed by atoms with E-state index in [0.717, 1.165) is 25.1 Å². The summed E-state index contributed by atoms with van der Waals surface area (Å²) in [6, 6.07) is 10.1. The van der Waals surface area contributed by atoms with Crippen LogP contribution in [0.5, 0.6) is 0 Å². The molecule has 2 heterocycles. The molecule has 148 valence electrons. The molecule has 0 spiro atoms. The number of hydrogen-bond acceptors (Lipinski definition) is 5. The average molecular weight is 375 g/mol. The van der Waals surface area contributed by atoms with Crippen LogP contribution in [0.15, 0.2) is 30.3 Å². The lowest BCUT2D eigenvalue weighted by atomic mass is 10.0. The van der Waals surface area contributed by atoms with Crippen molar-refractivity contribution in [1.82, 2.24) is 15.1 Å². The van der Waals surface area contributed by atoms with Crippen LogP contribution >= 0.6 is 0 Å².